The van der Waals surface area contributed by atoms with Crippen LogP contribution >= 0.6 is 11.3 Å². The molecule has 170 valence electrons. The van der Waals surface area contributed by atoms with Gasteiger partial charge in [0.1, 0.15) is 5.52 Å². The van der Waals surface area contributed by atoms with Gasteiger partial charge in [0.05, 0.1) is 10.8 Å². The topological polar surface area (TPSA) is 92.5 Å². The van der Waals surface area contributed by atoms with Crippen molar-refractivity contribution in [2.45, 2.75) is 30.2 Å². The molecular formula is C24H23N3O4S2. The van der Waals surface area contributed by atoms with Gasteiger partial charge in [-0.2, -0.15) is 0 Å². The first-order valence-electron chi connectivity index (χ1n) is 10.8. The Bertz CT molecular complexity index is 1330. The Morgan fingerprint density at radius 3 is 2.70 bits per heavy atom. The van der Waals surface area contributed by atoms with Crippen LogP contribution in [0.4, 0.5) is 0 Å². The van der Waals surface area contributed by atoms with Gasteiger partial charge in [0.25, 0.3) is 5.91 Å². The van der Waals surface area contributed by atoms with E-state index in [1.54, 1.807) is 17.0 Å². The van der Waals surface area contributed by atoms with Crippen LogP contribution in [-0.2, 0) is 16.6 Å². The number of nitrogens with one attached hydrogen (secondary N) is 1. The van der Waals surface area contributed by atoms with Gasteiger partial charge in [-0.3, -0.25) is 4.79 Å². The number of rotatable bonds is 6. The summed E-state index contributed by atoms with van der Waals surface area (Å²) in [6, 6.07) is 17.5. The molecule has 7 nitrogen and oxygen atoms in total. The number of oxazole rings is 1. The largest absolute Gasteiger partial charge is 0.440 e. The summed E-state index contributed by atoms with van der Waals surface area (Å²) in [4.78, 5) is 20.6. The van der Waals surface area contributed by atoms with Crippen LogP contribution in [0.2, 0.25) is 0 Å². The monoisotopic (exact) mass is 481 g/mol. The Morgan fingerprint density at radius 2 is 1.94 bits per heavy atom. The summed E-state index contributed by atoms with van der Waals surface area (Å²) in [5.41, 5.74) is 2.03. The van der Waals surface area contributed by atoms with Crippen LogP contribution in [0.15, 0.2) is 75.4 Å². The lowest BCUT2D eigenvalue weighted by Crippen LogP contribution is -2.39. The van der Waals surface area contributed by atoms with Crippen LogP contribution in [0.3, 0.4) is 0 Å². The van der Waals surface area contributed by atoms with Crippen molar-refractivity contribution in [3.63, 3.8) is 0 Å². The summed E-state index contributed by atoms with van der Waals surface area (Å²) >= 11 is 1.49. The minimum atomic E-state index is -3.65. The van der Waals surface area contributed by atoms with Crippen LogP contribution in [0.1, 0.15) is 39.9 Å². The molecule has 1 N–H and O–H groups in total. The van der Waals surface area contributed by atoms with Crippen molar-refractivity contribution in [3.05, 3.63) is 82.4 Å². The molecule has 1 saturated heterocycles. The highest BCUT2D eigenvalue weighted by atomic mass is 32.2. The van der Waals surface area contributed by atoms with Crippen LogP contribution in [0, 0.1) is 0 Å². The lowest BCUT2D eigenvalue weighted by atomic mass is 9.97. The molecule has 0 spiro atoms. The van der Waals surface area contributed by atoms with E-state index in [-0.39, 0.29) is 23.3 Å². The fourth-order valence-corrected chi connectivity index (χ4v) is 5.79. The highest BCUT2D eigenvalue weighted by Gasteiger charge is 2.29. The van der Waals surface area contributed by atoms with Crippen LogP contribution in [-0.4, -0.2) is 37.3 Å². The molecule has 0 bridgehead atoms. The van der Waals surface area contributed by atoms with Gasteiger partial charge in [0, 0.05) is 30.1 Å². The SMILES string of the molecule is O=C(c1ccc(S(=O)(=O)NCc2cccs2)cc1)N1CCCC(c2nc3ccccc3o2)C1. The molecule has 33 heavy (non-hydrogen) atoms. The van der Waals surface area contributed by atoms with E-state index < -0.39 is 10.0 Å². The zero-order chi connectivity index (χ0) is 22.8. The Labute approximate surface area is 196 Å². The molecule has 1 atom stereocenters. The molecule has 3 heterocycles. The average molecular weight is 482 g/mol. The van der Waals surface area contributed by atoms with E-state index in [1.165, 1.54) is 23.5 Å². The van der Waals surface area contributed by atoms with Crippen molar-refractivity contribution < 1.29 is 17.6 Å². The summed E-state index contributed by atoms with van der Waals surface area (Å²) < 4.78 is 33.6. The molecule has 5 rings (SSSR count). The second kappa shape index (κ2) is 9.09. The van der Waals surface area contributed by atoms with E-state index in [4.69, 9.17) is 4.42 Å². The Morgan fingerprint density at radius 1 is 1.12 bits per heavy atom. The van der Waals surface area contributed by atoms with E-state index in [1.807, 2.05) is 41.8 Å². The maximum Gasteiger partial charge on any atom is 0.253 e. The molecule has 2 aromatic heterocycles. The highest BCUT2D eigenvalue weighted by Crippen LogP contribution is 2.29. The molecule has 4 aromatic rings. The minimum absolute atomic E-state index is 0.0382. The number of piperidine rings is 1. The number of fused-ring (bicyclic) bond motifs is 1. The van der Waals surface area contributed by atoms with Gasteiger partial charge in [-0.1, -0.05) is 18.2 Å². The van der Waals surface area contributed by atoms with E-state index in [0.29, 0.717) is 24.5 Å². The Kier molecular flexibility index (Phi) is 6.01. The summed E-state index contributed by atoms with van der Waals surface area (Å²) in [7, 11) is -3.65. The first kappa shape index (κ1) is 21.8. The molecular weight excluding hydrogens is 458 g/mol. The Balaban J connectivity index is 1.26. The molecule has 0 radical (unpaired) electrons. The van der Waals surface area contributed by atoms with Crippen LogP contribution in [0.5, 0.6) is 0 Å². The second-order valence-electron chi connectivity index (χ2n) is 8.04. The fourth-order valence-electron chi connectivity index (χ4n) is 4.05. The van der Waals surface area contributed by atoms with Crippen molar-refractivity contribution in [2.75, 3.05) is 13.1 Å². The zero-order valence-corrected chi connectivity index (χ0v) is 19.4. The summed E-state index contributed by atoms with van der Waals surface area (Å²) in [5, 5.41) is 1.90. The van der Waals surface area contributed by atoms with Crippen molar-refractivity contribution in [1.29, 1.82) is 0 Å². The predicted molar refractivity (Wildman–Crippen MR) is 127 cm³/mol. The van der Waals surface area contributed by atoms with Gasteiger partial charge in [0.15, 0.2) is 11.5 Å². The summed E-state index contributed by atoms with van der Waals surface area (Å²) in [6.07, 6.45) is 1.76. The minimum Gasteiger partial charge on any atom is -0.440 e. The second-order valence-corrected chi connectivity index (χ2v) is 10.8. The summed E-state index contributed by atoms with van der Waals surface area (Å²) in [6.45, 7) is 1.41. The predicted octanol–water partition coefficient (Wildman–Crippen LogP) is 4.39. The normalized spacial score (nSPS) is 16.8. The molecule has 0 aliphatic carbocycles. The first-order valence-corrected chi connectivity index (χ1v) is 13.1. The number of carbonyl (C=O) groups is 1. The maximum absolute atomic E-state index is 13.1. The zero-order valence-electron chi connectivity index (χ0n) is 17.8. The number of para-hydroxylation sites is 2. The van der Waals surface area contributed by atoms with Crippen molar-refractivity contribution in [3.8, 4) is 0 Å². The number of hydrogen-bond donors (Lipinski definition) is 1. The number of carbonyl (C=O) groups excluding carboxylic acids is 1. The number of thiophene rings is 1. The molecule has 1 amide bonds. The highest BCUT2D eigenvalue weighted by molar-refractivity contribution is 7.89. The van der Waals surface area contributed by atoms with E-state index in [2.05, 4.69) is 9.71 Å². The van der Waals surface area contributed by atoms with E-state index in [9.17, 15) is 13.2 Å². The molecule has 0 saturated carbocycles. The van der Waals surface area contributed by atoms with Gasteiger partial charge in [-0.25, -0.2) is 18.1 Å². The Hall–Kier alpha value is -3.01. The van der Waals surface area contributed by atoms with Gasteiger partial charge in [0.2, 0.25) is 10.0 Å². The van der Waals surface area contributed by atoms with Gasteiger partial charge in [-0.05, 0) is 60.7 Å². The molecule has 1 aliphatic heterocycles. The first-order chi connectivity index (χ1) is 16.0. The molecule has 2 aromatic carbocycles. The standard InChI is InChI=1S/C24H23N3O4S2/c28-24(17-9-11-20(12-10-17)33(29,30)25-15-19-6-4-14-32-19)27-13-3-5-18(16-27)23-26-21-7-1-2-8-22(21)31-23/h1-2,4,6-12,14,18,25H,3,5,13,15-16H2. The maximum atomic E-state index is 13.1. The van der Waals surface area contributed by atoms with Crippen molar-refractivity contribution in [1.82, 2.24) is 14.6 Å². The van der Waals surface area contributed by atoms with Crippen LogP contribution < -0.4 is 4.72 Å². The number of benzene rings is 2. The third-order valence-electron chi connectivity index (χ3n) is 5.80. The third-order valence-corrected chi connectivity index (χ3v) is 8.09. The molecule has 1 aliphatic rings. The van der Waals surface area contributed by atoms with Gasteiger partial charge >= 0.3 is 0 Å². The molecule has 1 fully saturated rings. The van der Waals surface area contributed by atoms with E-state index in [0.717, 1.165) is 28.8 Å². The van der Waals surface area contributed by atoms with Gasteiger partial charge < -0.3 is 9.32 Å². The van der Waals surface area contributed by atoms with Crippen molar-refractivity contribution >= 4 is 38.4 Å². The lowest BCUT2D eigenvalue weighted by molar-refractivity contribution is 0.0699. The lowest BCUT2D eigenvalue weighted by Gasteiger charge is -2.31. The number of hydrogen-bond acceptors (Lipinski definition) is 6. The number of aromatic nitrogens is 1. The quantitative estimate of drug-likeness (QED) is 0.441. The fraction of sp³-hybridized carbons (Fsp3) is 0.250. The number of likely N-dealkylation sites (tertiary alicyclic amines) is 1. The van der Waals surface area contributed by atoms with E-state index >= 15 is 0 Å². The molecule has 1 unspecified atom stereocenters. The number of sulfonamides is 1. The molecule has 9 heteroatoms. The third kappa shape index (κ3) is 4.71. The smallest absolute Gasteiger partial charge is 0.253 e. The average Bonchev–Trinajstić information content (AvgIpc) is 3.52. The van der Waals surface area contributed by atoms with Gasteiger partial charge in [-0.15, -0.1) is 11.3 Å². The number of amides is 1. The van der Waals surface area contributed by atoms with Crippen LogP contribution in [0.25, 0.3) is 11.1 Å². The van der Waals surface area contributed by atoms with Crippen molar-refractivity contribution in [2.24, 2.45) is 0 Å². The number of nitrogens with zero attached hydrogens (tertiary/aromatic N) is 2. The summed E-state index contributed by atoms with van der Waals surface area (Å²) in [5.74, 6) is 0.578.